The molecule has 3 N–H and O–H groups in total. The summed E-state index contributed by atoms with van der Waals surface area (Å²) in [5.74, 6) is 0.0667. The van der Waals surface area contributed by atoms with E-state index in [1.165, 1.54) is 30.3 Å². The van der Waals surface area contributed by atoms with Crippen molar-refractivity contribution in [3.05, 3.63) is 60.8 Å². The van der Waals surface area contributed by atoms with Gasteiger partial charge in [-0.15, -0.1) is 23.4 Å². The molecule has 0 bridgehead atoms. The molecule has 2 aromatic carbocycles. The van der Waals surface area contributed by atoms with Gasteiger partial charge in [-0.25, -0.2) is 0 Å². The SMILES string of the molecule is C[C@@H](O)CNc1nnc(-c2ccc(OC(F)(F)F)cc2-c2ccc(O)cc2)c2cccn12. The van der Waals surface area contributed by atoms with Crippen molar-refractivity contribution in [1.29, 1.82) is 0 Å². The monoisotopic (exact) mass is 444 g/mol. The van der Waals surface area contributed by atoms with Crippen LogP contribution in [-0.2, 0) is 0 Å². The third-order valence-electron chi connectivity index (χ3n) is 4.68. The first kappa shape index (κ1) is 21.4. The molecular formula is C22H19F3N4O3. The number of phenols is 1. The van der Waals surface area contributed by atoms with Gasteiger partial charge in [0.2, 0.25) is 5.95 Å². The average Bonchev–Trinajstić information content (AvgIpc) is 3.22. The first-order valence-corrected chi connectivity index (χ1v) is 9.66. The lowest BCUT2D eigenvalue weighted by Crippen LogP contribution is -2.18. The molecule has 2 aromatic heterocycles. The zero-order valence-electron chi connectivity index (χ0n) is 16.8. The first-order chi connectivity index (χ1) is 15.2. The van der Waals surface area contributed by atoms with Gasteiger partial charge in [0.25, 0.3) is 0 Å². The Balaban J connectivity index is 1.86. The van der Waals surface area contributed by atoms with Crippen LogP contribution in [0, 0.1) is 0 Å². The number of aliphatic hydroxyl groups is 1. The molecule has 0 saturated heterocycles. The number of aromatic nitrogens is 3. The lowest BCUT2D eigenvalue weighted by atomic mass is 9.96. The molecule has 0 amide bonds. The van der Waals surface area contributed by atoms with E-state index < -0.39 is 12.5 Å². The molecule has 0 saturated carbocycles. The minimum atomic E-state index is -4.83. The van der Waals surface area contributed by atoms with E-state index in [2.05, 4.69) is 20.3 Å². The molecule has 166 valence electrons. The molecular weight excluding hydrogens is 425 g/mol. The third kappa shape index (κ3) is 4.59. The summed E-state index contributed by atoms with van der Waals surface area (Å²) in [7, 11) is 0. The van der Waals surface area contributed by atoms with Crippen LogP contribution in [0.5, 0.6) is 11.5 Å². The maximum absolute atomic E-state index is 12.8. The van der Waals surface area contributed by atoms with Crippen molar-refractivity contribution in [2.24, 2.45) is 0 Å². The number of benzene rings is 2. The Hall–Kier alpha value is -3.79. The third-order valence-corrected chi connectivity index (χ3v) is 4.68. The van der Waals surface area contributed by atoms with Gasteiger partial charge in [0.15, 0.2) is 0 Å². The van der Waals surface area contributed by atoms with Gasteiger partial charge in [-0.1, -0.05) is 12.1 Å². The number of rotatable bonds is 6. The Morgan fingerprint density at radius 2 is 1.81 bits per heavy atom. The summed E-state index contributed by atoms with van der Waals surface area (Å²) in [5.41, 5.74) is 2.63. The zero-order valence-corrected chi connectivity index (χ0v) is 16.8. The summed E-state index contributed by atoms with van der Waals surface area (Å²) in [6, 6.07) is 13.6. The number of anilines is 1. The predicted molar refractivity (Wildman–Crippen MR) is 112 cm³/mol. The van der Waals surface area contributed by atoms with Gasteiger partial charge in [0.1, 0.15) is 17.2 Å². The molecule has 2 heterocycles. The van der Waals surface area contributed by atoms with Crippen LogP contribution in [0.15, 0.2) is 60.8 Å². The van der Waals surface area contributed by atoms with Gasteiger partial charge in [0, 0.05) is 18.3 Å². The highest BCUT2D eigenvalue weighted by atomic mass is 19.4. The predicted octanol–water partition coefficient (Wildman–Crippen LogP) is 4.46. The lowest BCUT2D eigenvalue weighted by Gasteiger charge is -2.16. The molecule has 1 atom stereocenters. The maximum Gasteiger partial charge on any atom is 0.573 e. The quantitative estimate of drug-likeness (QED) is 0.407. The summed E-state index contributed by atoms with van der Waals surface area (Å²) in [4.78, 5) is 0. The smallest absolute Gasteiger partial charge is 0.508 e. The number of hydrogen-bond acceptors (Lipinski definition) is 6. The number of halogens is 3. The van der Waals surface area contributed by atoms with E-state index in [-0.39, 0.29) is 18.0 Å². The molecule has 7 nitrogen and oxygen atoms in total. The van der Waals surface area contributed by atoms with Gasteiger partial charge < -0.3 is 20.3 Å². The molecule has 4 rings (SSSR count). The van der Waals surface area contributed by atoms with E-state index in [0.29, 0.717) is 33.8 Å². The minimum absolute atomic E-state index is 0.0281. The van der Waals surface area contributed by atoms with Gasteiger partial charge in [-0.3, -0.25) is 4.40 Å². The van der Waals surface area contributed by atoms with E-state index in [0.717, 1.165) is 0 Å². The molecule has 0 radical (unpaired) electrons. The van der Waals surface area contributed by atoms with Gasteiger partial charge >= 0.3 is 6.36 Å². The Morgan fingerprint density at radius 1 is 1.06 bits per heavy atom. The van der Waals surface area contributed by atoms with Gasteiger partial charge in [-0.05, 0) is 60.5 Å². The molecule has 0 fully saturated rings. The first-order valence-electron chi connectivity index (χ1n) is 9.66. The second-order valence-corrected chi connectivity index (χ2v) is 7.17. The lowest BCUT2D eigenvalue weighted by molar-refractivity contribution is -0.274. The van der Waals surface area contributed by atoms with Crippen LogP contribution < -0.4 is 10.1 Å². The average molecular weight is 444 g/mol. The van der Waals surface area contributed by atoms with E-state index in [4.69, 9.17) is 0 Å². The molecule has 0 unspecified atom stereocenters. The number of alkyl halides is 3. The number of nitrogens with zero attached hydrogens (tertiary/aromatic N) is 3. The van der Waals surface area contributed by atoms with Crippen LogP contribution in [-0.4, -0.2) is 43.8 Å². The second kappa shape index (κ2) is 8.39. The van der Waals surface area contributed by atoms with Crippen molar-refractivity contribution >= 4 is 11.5 Å². The van der Waals surface area contributed by atoms with E-state index in [1.54, 1.807) is 41.8 Å². The summed E-state index contributed by atoms with van der Waals surface area (Å²) >= 11 is 0. The number of fused-ring (bicyclic) bond motifs is 1. The fourth-order valence-corrected chi connectivity index (χ4v) is 3.31. The fraction of sp³-hybridized carbons (Fsp3) is 0.182. The number of nitrogens with one attached hydrogen (secondary N) is 1. The minimum Gasteiger partial charge on any atom is -0.508 e. The van der Waals surface area contributed by atoms with E-state index >= 15 is 0 Å². The van der Waals surface area contributed by atoms with E-state index in [9.17, 15) is 23.4 Å². The van der Waals surface area contributed by atoms with Crippen LogP contribution in [0.25, 0.3) is 27.9 Å². The van der Waals surface area contributed by atoms with Crippen LogP contribution >= 0.6 is 0 Å². The Morgan fingerprint density at radius 3 is 2.50 bits per heavy atom. The molecule has 4 aromatic rings. The fourth-order valence-electron chi connectivity index (χ4n) is 3.31. The summed E-state index contributed by atoms with van der Waals surface area (Å²) in [6.07, 6.45) is -3.66. The summed E-state index contributed by atoms with van der Waals surface area (Å²) in [5, 5.41) is 30.6. The zero-order chi connectivity index (χ0) is 22.9. The number of aromatic hydroxyl groups is 1. The van der Waals surface area contributed by atoms with Crippen LogP contribution in [0.4, 0.5) is 19.1 Å². The van der Waals surface area contributed by atoms with Crippen LogP contribution in [0.1, 0.15) is 6.92 Å². The van der Waals surface area contributed by atoms with Gasteiger partial charge in [0.05, 0.1) is 11.6 Å². The molecule has 0 aliphatic rings. The second-order valence-electron chi connectivity index (χ2n) is 7.17. The van der Waals surface area contributed by atoms with Gasteiger partial charge in [-0.2, -0.15) is 0 Å². The highest BCUT2D eigenvalue weighted by molar-refractivity contribution is 5.89. The number of hydrogen-bond donors (Lipinski definition) is 3. The number of ether oxygens (including phenoxy) is 1. The van der Waals surface area contributed by atoms with Crippen molar-refractivity contribution < 1.29 is 28.1 Å². The van der Waals surface area contributed by atoms with Crippen molar-refractivity contribution in [2.45, 2.75) is 19.4 Å². The highest BCUT2D eigenvalue weighted by Gasteiger charge is 2.31. The normalized spacial score (nSPS) is 12.7. The Bertz CT molecular complexity index is 1240. The van der Waals surface area contributed by atoms with Crippen molar-refractivity contribution in [1.82, 2.24) is 14.6 Å². The van der Waals surface area contributed by atoms with Crippen molar-refractivity contribution in [3.63, 3.8) is 0 Å². The van der Waals surface area contributed by atoms with Crippen LogP contribution in [0.3, 0.4) is 0 Å². The largest absolute Gasteiger partial charge is 0.573 e. The maximum atomic E-state index is 12.8. The molecule has 0 aliphatic heterocycles. The topological polar surface area (TPSA) is 91.9 Å². The Kier molecular flexibility index (Phi) is 5.62. The van der Waals surface area contributed by atoms with Crippen LogP contribution in [0.2, 0.25) is 0 Å². The molecule has 32 heavy (non-hydrogen) atoms. The van der Waals surface area contributed by atoms with Crippen molar-refractivity contribution in [3.8, 4) is 33.9 Å². The highest BCUT2D eigenvalue weighted by Crippen LogP contribution is 2.38. The molecule has 0 spiro atoms. The summed E-state index contributed by atoms with van der Waals surface area (Å²) in [6.45, 7) is 1.90. The Labute approximate surface area is 180 Å². The molecule has 10 heteroatoms. The van der Waals surface area contributed by atoms with E-state index in [1.807, 2.05) is 0 Å². The number of phenolic OH excluding ortho intramolecular Hbond substituents is 1. The molecule has 0 aliphatic carbocycles. The van der Waals surface area contributed by atoms with Crippen molar-refractivity contribution in [2.75, 3.05) is 11.9 Å². The number of aliphatic hydroxyl groups excluding tert-OH is 1. The standard InChI is InChI=1S/C22H19F3N4O3/c1-13(30)12-26-21-28-27-20(19-3-2-10-29(19)21)17-9-8-16(32-22(23,24)25)11-18(17)14-4-6-15(31)7-5-14/h2-11,13,30-31H,12H2,1H3,(H,26,28)/t13-/m1/s1. The summed E-state index contributed by atoms with van der Waals surface area (Å²) < 4.78 is 44.2.